The van der Waals surface area contributed by atoms with Gasteiger partial charge in [0.1, 0.15) is 19.3 Å². The standard InChI is InChI=1S/C68H128O17P2/c1-7-9-11-13-15-17-18-19-20-21-22-27-34-40-46-52-67(72)84-64(57-79-66(71)51-45-39-33-28-23-25-30-36-42-48-60(3)4)59-83-87(76,77)81-55-62(69)54-80-86(74,75)82-58-63(56-78-65(70)50-44-38-32-16-14-12-10-8-2)85-68(73)53-47-41-35-29-24-26-31-37-43-49-61(5)6/h17-20,60-64,69H,7-16,21-59H2,1-6H3,(H,74,75)(H,76,77)/b18-17-,20-19-/t62-,63+,64+/m0/s1. The second-order valence-corrected chi connectivity index (χ2v) is 27.7. The van der Waals surface area contributed by atoms with Crippen molar-refractivity contribution in [3.05, 3.63) is 24.3 Å². The van der Waals surface area contributed by atoms with Gasteiger partial charge >= 0.3 is 39.5 Å². The molecule has 5 atom stereocenters. The highest BCUT2D eigenvalue weighted by molar-refractivity contribution is 7.47. The summed E-state index contributed by atoms with van der Waals surface area (Å²) in [5, 5.41) is 10.6. The number of phosphoric ester groups is 2. The van der Waals surface area contributed by atoms with E-state index in [1.54, 1.807) is 0 Å². The average molecular weight is 1280 g/mol. The quantitative estimate of drug-likeness (QED) is 0.0169. The lowest BCUT2D eigenvalue weighted by molar-refractivity contribution is -0.161. The van der Waals surface area contributed by atoms with Crippen LogP contribution in [0.25, 0.3) is 0 Å². The molecule has 0 aliphatic carbocycles. The third-order valence-corrected chi connectivity index (χ3v) is 17.0. The average Bonchev–Trinajstić information content (AvgIpc) is 3.54. The molecule has 0 radical (unpaired) electrons. The first kappa shape index (κ1) is 84.5. The number of aliphatic hydroxyl groups is 1. The second kappa shape index (κ2) is 59.8. The van der Waals surface area contributed by atoms with Crippen molar-refractivity contribution in [2.75, 3.05) is 39.6 Å². The topological polar surface area (TPSA) is 237 Å². The Morgan fingerprint density at radius 1 is 0.356 bits per heavy atom. The first-order chi connectivity index (χ1) is 41.9. The molecule has 17 nitrogen and oxygen atoms in total. The minimum Gasteiger partial charge on any atom is -0.462 e. The summed E-state index contributed by atoms with van der Waals surface area (Å²) in [6, 6.07) is 0. The third kappa shape index (κ3) is 62.1. The highest BCUT2D eigenvalue weighted by Gasteiger charge is 2.30. The van der Waals surface area contributed by atoms with Gasteiger partial charge in [-0.15, -0.1) is 0 Å². The Morgan fingerprint density at radius 3 is 0.943 bits per heavy atom. The fraction of sp³-hybridized carbons (Fsp3) is 0.882. The molecule has 2 unspecified atom stereocenters. The number of carbonyl (C=O) groups excluding carboxylic acids is 4. The summed E-state index contributed by atoms with van der Waals surface area (Å²) >= 11 is 0. The molecule has 0 aliphatic rings. The van der Waals surface area contributed by atoms with Crippen LogP contribution in [0, 0.1) is 11.8 Å². The molecular weight excluding hydrogens is 1150 g/mol. The van der Waals surface area contributed by atoms with Gasteiger partial charge < -0.3 is 33.8 Å². The number of esters is 4. The Kier molecular flexibility index (Phi) is 58.1. The molecule has 0 aromatic heterocycles. The van der Waals surface area contributed by atoms with E-state index in [1.165, 1.54) is 116 Å². The predicted octanol–water partition coefficient (Wildman–Crippen LogP) is 18.8. The molecule has 0 spiro atoms. The highest BCUT2D eigenvalue weighted by atomic mass is 31.2. The van der Waals surface area contributed by atoms with Gasteiger partial charge in [-0.05, 0) is 63.2 Å². The zero-order chi connectivity index (χ0) is 64.3. The Labute approximate surface area is 529 Å². The van der Waals surface area contributed by atoms with Crippen LogP contribution in [0.1, 0.15) is 318 Å². The van der Waals surface area contributed by atoms with E-state index < -0.39 is 97.5 Å². The largest absolute Gasteiger partial charge is 0.472 e. The van der Waals surface area contributed by atoms with E-state index in [-0.39, 0.29) is 25.7 Å². The molecule has 0 amide bonds. The molecule has 512 valence electrons. The summed E-state index contributed by atoms with van der Waals surface area (Å²) in [6.45, 7) is 9.39. The van der Waals surface area contributed by atoms with E-state index in [1.807, 2.05) is 0 Å². The number of rotatable bonds is 65. The molecule has 3 N–H and O–H groups in total. The summed E-state index contributed by atoms with van der Waals surface area (Å²) in [5.74, 6) is -0.685. The van der Waals surface area contributed by atoms with Gasteiger partial charge in [0.15, 0.2) is 12.2 Å². The molecule has 0 bridgehead atoms. The maximum absolute atomic E-state index is 13.0. The molecule has 0 aromatic carbocycles. The van der Waals surface area contributed by atoms with Crippen molar-refractivity contribution in [3.8, 4) is 0 Å². The lowest BCUT2D eigenvalue weighted by Gasteiger charge is -2.21. The predicted molar refractivity (Wildman–Crippen MR) is 349 cm³/mol. The number of ether oxygens (including phenoxy) is 4. The monoisotopic (exact) mass is 1280 g/mol. The SMILES string of the molecule is CCCCCC/C=C\C=C/CCCCCCCC(=O)O[C@H](COC(=O)CCCCCCCCCCCC(C)C)COP(=O)(O)OC[C@@H](O)COP(=O)(O)OC[C@@H](COC(=O)CCCCCCCCCC)OC(=O)CCCCCCCCCCCC(C)C. The first-order valence-corrected chi connectivity index (χ1v) is 37.8. The van der Waals surface area contributed by atoms with Gasteiger partial charge in [-0.2, -0.15) is 0 Å². The molecule has 0 saturated heterocycles. The third-order valence-electron chi connectivity index (χ3n) is 15.1. The molecule has 0 rings (SSSR count). The number of unbranched alkanes of at least 4 members (excludes halogenated alkanes) is 32. The van der Waals surface area contributed by atoms with Crippen LogP contribution in [0.3, 0.4) is 0 Å². The minimum atomic E-state index is -4.96. The van der Waals surface area contributed by atoms with Gasteiger partial charge in [-0.3, -0.25) is 37.3 Å². The molecule has 0 aromatic rings. The lowest BCUT2D eigenvalue weighted by atomic mass is 10.0. The van der Waals surface area contributed by atoms with Crippen LogP contribution in [0.15, 0.2) is 24.3 Å². The van der Waals surface area contributed by atoms with Crippen molar-refractivity contribution in [2.24, 2.45) is 11.8 Å². The fourth-order valence-corrected chi connectivity index (χ4v) is 11.3. The zero-order valence-corrected chi connectivity index (χ0v) is 57.6. The van der Waals surface area contributed by atoms with Crippen LogP contribution in [0.5, 0.6) is 0 Å². The summed E-state index contributed by atoms with van der Waals surface area (Å²) in [7, 11) is -9.91. The van der Waals surface area contributed by atoms with Crippen molar-refractivity contribution >= 4 is 39.5 Å². The molecule has 0 saturated carbocycles. The van der Waals surface area contributed by atoms with Crippen molar-refractivity contribution in [1.82, 2.24) is 0 Å². The Balaban J connectivity index is 5.27. The van der Waals surface area contributed by atoms with Crippen LogP contribution in [-0.2, 0) is 65.4 Å². The lowest BCUT2D eigenvalue weighted by Crippen LogP contribution is -2.30. The maximum Gasteiger partial charge on any atom is 0.472 e. The normalized spacial score (nSPS) is 14.4. The van der Waals surface area contributed by atoms with Crippen LogP contribution in [-0.4, -0.2) is 96.7 Å². The fourth-order valence-electron chi connectivity index (χ4n) is 9.70. The van der Waals surface area contributed by atoms with Gasteiger partial charge in [0.25, 0.3) is 0 Å². The molecular formula is C68H128O17P2. The number of hydrogen-bond donors (Lipinski definition) is 3. The van der Waals surface area contributed by atoms with Gasteiger partial charge in [0.2, 0.25) is 0 Å². The first-order valence-electron chi connectivity index (χ1n) is 34.8. The Hall–Kier alpha value is -2.46. The summed E-state index contributed by atoms with van der Waals surface area (Å²) in [4.78, 5) is 72.3. The van der Waals surface area contributed by atoms with Crippen LogP contribution < -0.4 is 0 Å². The number of phosphoric acid groups is 2. The van der Waals surface area contributed by atoms with E-state index in [4.69, 9.17) is 37.0 Å². The van der Waals surface area contributed by atoms with E-state index in [0.717, 1.165) is 121 Å². The van der Waals surface area contributed by atoms with Crippen LogP contribution >= 0.6 is 15.6 Å². The van der Waals surface area contributed by atoms with E-state index in [2.05, 4.69) is 65.8 Å². The molecule has 0 aliphatic heterocycles. The number of aliphatic hydroxyl groups excluding tert-OH is 1. The summed E-state index contributed by atoms with van der Waals surface area (Å²) in [5.41, 5.74) is 0. The van der Waals surface area contributed by atoms with Crippen molar-refractivity contribution in [1.29, 1.82) is 0 Å². The van der Waals surface area contributed by atoms with Crippen LogP contribution in [0.2, 0.25) is 0 Å². The van der Waals surface area contributed by atoms with Gasteiger partial charge in [-0.1, -0.05) is 265 Å². The molecule has 19 heteroatoms. The minimum absolute atomic E-state index is 0.0844. The number of carbonyl (C=O) groups is 4. The smallest absolute Gasteiger partial charge is 0.462 e. The van der Waals surface area contributed by atoms with Gasteiger partial charge in [-0.25, -0.2) is 9.13 Å². The Bertz CT molecular complexity index is 1790. The van der Waals surface area contributed by atoms with Gasteiger partial charge in [0.05, 0.1) is 26.4 Å². The highest BCUT2D eigenvalue weighted by Crippen LogP contribution is 2.45. The maximum atomic E-state index is 13.0. The van der Waals surface area contributed by atoms with Crippen LogP contribution in [0.4, 0.5) is 0 Å². The molecule has 0 fully saturated rings. The van der Waals surface area contributed by atoms with E-state index >= 15 is 0 Å². The number of hydrogen-bond acceptors (Lipinski definition) is 15. The molecule has 0 heterocycles. The van der Waals surface area contributed by atoms with E-state index in [0.29, 0.717) is 25.7 Å². The van der Waals surface area contributed by atoms with Crippen molar-refractivity contribution in [3.63, 3.8) is 0 Å². The second-order valence-electron chi connectivity index (χ2n) is 24.8. The van der Waals surface area contributed by atoms with Crippen molar-refractivity contribution in [2.45, 2.75) is 336 Å². The van der Waals surface area contributed by atoms with E-state index in [9.17, 15) is 43.2 Å². The van der Waals surface area contributed by atoms with Crippen molar-refractivity contribution < 1.29 is 80.2 Å². The summed E-state index contributed by atoms with van der Waals surface area (Å²) < 4.78 is 68.1. The number of allylic oxidation sites excluding steroid dienone is 4. The summed E-state index contributed by atoms with van der Waals surface area (Å²) in [6.07, 6.45) is 46.7. The van der Waals surface area contributed by atoms with Gasteiger partial charge in [0, 0.05) is 25.7 Å². The zero-order valence-electron chi connectivity index (χ0n) is 55.8. The Morgan fingerprint density at radius 2 is 0.621 bits per heavy atom. The molecule has 87 heavy (non-hydrogen) atoms.